The Balaban J connectivity index is 1.56. The summed E-state index contributed by atoms with van der Waals surface area (Å²) in [5, 5.41) is 14.3. The molecule has 0 radical (unpaired) electrons. The fraction of sp³-hybridized carbons (Fsp3) is 0.579. The Hall–Kier alpha value is -1.63. The molecule has 1 saturated heterocycles. The first-order chi connectivity index (χ1) is 12.5. The van der Waals surface area contributed by atoms with Crippen molar-refractivity contribution in [3.05, 3.63) is 29.0 Å². The summed E-state index contributed by atoms with van der Waals surface area (Å²) in [5.74, 6) is 2.35. The van der Waals surface area contributed by atoms with Crippen molar-refractivity contribution in [3.8, 4) is 11.3 Å². The molecule has 26 heavy (non-hydrogen) atoms. The molecule has 1 saturated carbocycles. The highest BCUT2D eigenvalue weighted by Crippen LogP contribution is 2.58. The largest absolute Gasteiger partial charge is 0.396 e. The number of halogens is 1. The zero-order chi connectivity index (χ0) is 18.4. The summed E-state index contributed by atoms with van der Waals surface area (Å²) in [7, 11) is 0. The molecule has 4 rings (SSSR count). The molecule has 7 heteroatoms. The van der Waals surface area contributed by atoms with Crippen LogP contribution in [0.1, 0.15) is 37.9 Å². The van der Waals surface area contributed by atoms with E-state index in [1.54, 1.807) is 6.20 Å². The van der Waals surface area contributed by atoms with Crippen LogP contribution in [0.15, 0.2) is 18.3 Å². The van der Waals surface area contributed by atoms with Crippen LogP contribution >= 0.6 is 11.6 Å². The lowest BCUT2D eigenvalue weighted by Crippen LogP contribution is -2.26. The van der Waals surface area contributed by atoms with E-state index in [9.17, 15) is 0 Å². The maximum Gasteiger partial charge on any atom is 0.142 e. The summed E-state index contributed by atoms with van der Waals surface area (Å²) >= 11 is 6.14. The van der Waals surface area contributed by atoms with Crippen LogP contribution in [-0.4, -0.2) is 51.0 Å². The zero-order valence-electron chi connectivity index (χ0n) is 15.3. The van der Waals surface area contributed by atoms with Gasteiger partial charge < -0.3 is 15.7 Å². The number of nitrogens with two attached hydrogens (primary N) is 1. The molecular formula is C19H26ClN5O. The molecule has 0 amide bonds. The number of hydrogen-bond donors (Lipinski definition) is 2. The van der Waals surface area contributed by atoms with Crippen molar-refractivity contribution in [2.45, 2.75) is 32.2 Å². The molecule has 0 bridgehead atoms. The van der Waals surface area contributed by atoms with Crippen LogP contribution in [0.4, 0.5) is 5.82 Å². The van der Waals surface area contributed by atoms with Crippen molar-refractivity contribution < 1.29 is 5.11 Å². The van der Waals surface area contributed by atoms with E-state index in [0.717, 1.165) is 37.3 Å². The maximum atomic E-state index is 9.02. The van der Waals surface area contributed by atoms with Gasteiger partial charge in [-0.3, -0.25) is 4.68 Å². The van der Waals surface area contributed by atoms with Crippen LogP contribution in [0.25, 0.3) is 11.3 Å². The number of piperidine rings is 1. The van der Waals surface area contributed by atoms with Gasteiger partial charge in [-0.2, -0.15) is 5.10 Å². The molecule has 3 heterocycles. The molecule has 140 valence electrons. The van der Waals surface area contributed by atoms with Crippen molar-refractivity contribution in [1.82, 2.24) is 19.7 Å². The minimum absolute atomic E-state index is 0.275. The number of aliphatic hydroxyl groups is 1. The van der Waals surface area contributed by atoms with Crippen LogP contribution in [0.2, 0.25) is 5.02 Å². The molecule has 2 aromatic heterocycles. The first kappa shape index (κ1) is 17.8. The summed E-state index contributed by atoms with van der Waals surface area (Å²) in [6.07, 6.45) is 2.60. The molecular weight excluding hydrogens is 350 g/mol. The standard InChI is InChI=1S/C19H26ClN5O/c1-11(2)25-17(18-13-9-24(4-3-5-26)10-14(13)18)7-16(23-25)12-6-15(20)19(21)22-8-12/h6-8,11,13-14,18,26H,3-5,9-10H2,1-2H3,(H2,21,22)/t13-,14+,18?. The van der Waals surface area contributed by atoms with Gasteiger partial charge in [0.25, 0.3) is 0 Å². The third-order valence-corrected chi connectivity index (χ3v) is 5.97. The average molecular weight is 376 g/mol. The number of rotatable bonds is 6. The van der Waals surface area contributed by atoms with Gasteiger partial charge in [-0.05, 0) is 44.2 Å². The highest BCUT2D eigenvalue weighted by Gasteiger charge is 2.57. The van der Waals surface area contributed by atoms with Crippen molar-refractivity contribution >= 4 is 17.4 Å². The molecule has 1 unspecified atom stereocenters. The second kappa shape index (κ2) is 6.83. The second-order valence-electron chi connectivity index (χ2n) is 7.77. The number of anilines is 1. The Kier molecular flexibility index (Phi) is 4.67. The van der Waals surface area contributed by atoms with E-state index in [1.807, 2.05) is 6.07 Å². The number of hydrogen-bond acceptors (Lipinski definition) is 5. The predicted octanol–water partition coefficient (Wildman–Crippen LogP) is 2.79. The van der Waals surface area contributed by atoms with Crippen LogP contribution in [0.5, 0.6) is 0 Å². The average Bonchev–Trinajstić information content (AvgIpc) is 3.00. The molecule has 3 N–H and O–H groups in total. The Labute approximate surface area is 159 Å². The van der Waals surface area contributed by atoms with E-state index in [0.29, 0.717) is 34.6 Å². The van der Waals surface area contributed by atoms with Crippen molar-refractivity contribution in [3.63, 3.8) is 0 Å². The molecule has 0 aromatic carbocycles. The molecule has 1 aliphatic carbocycles. The molecule has 2 fully saturated rings. The van der Waals surface area contributed by atoms with Gasteiger partial charge in [0.15, 0.2) is 0 Å². The smallest absolute Gasteiger partial charge is 0.142 e. The molecule has 0 spiro atoms. The van der Waals surface area contributed by atoms with E-state index in [1.165, 1.54) is 5.69 Å². The minimum Gasteiger partial charge on any atom is -0.396 e. The molecule has 1 aliphatic heterocycles. The normalized spacial score (nSPS) is 25.0. The number of aromatic nitrogens is 3. The maximum absolute atomic E-state index is 9.02. The first-order valence-corrected chi connectivity index (χ1v) is 9.71. The monoisotopic (exact) mass is 375 g/mol. The van der Waals surface area contributed by atoms with Crippen LogP contribution < -0.4 is 5.73 Å². The number of nitrogens with zero attached hydrogens (tertiary/aromatic N) is 4. The number of pyridine rings is 1. The van der Waals surface area contributed by atoms with E-state index in [-0.39, 0.29) is 6.61 Å². The SMILES string of the molecule is CC(C)n1nc(-c2cnc(N)c(Cl)c2)cc1C1[C@H]2CN(CCCO)C[C@@H]12. The Morgan fingerprint density at radius 2 is 2.04 bits per heavy atom. The topological polar surface area (TPSA) is 80.2 Å². The Morgan fingerprint density at radius 3 is 2.65 bits per heavy atom. The van der Waals surface area contributed by atoms with Crippen LogP contribution in [0.3, 0.4) is 0 Å². The lowest BCUT2D eigenvalue weighted by Gasteiger charge is -2.19. The molecule has 3 atom stereocenters. The lowest BCUT2D eigenvalue weighted by molar-refractivity contribution is 0.234. The van der Waals surface area contributed by atoms with Crippen molar-refractivity contribution in [2.24, 2.45) is 11.8 Å². The fourth-order valence-corrected chi connectivity index (χ4v) is 4.50. The summed E-state index contributed by atoms with van der Waals surface area (Å²) in [6.45, 7) is 7.87. The van der Waals surface area contributed by atoms with Gasteiger partial charge in [-0.1, -0.05) is 11.6 Å². The first-order valence-electron chi connectivity index (χ1n) is 9.33. The molecule has 2 aliphatic rings. The van der Waals surface area contributed by atoms with E-state index >= 15 is 0 Å². The minimum atomic E-state index is 0.275. The third kappa shape index (κ3) is 3.10. The summed E-state index contributed by atoms with van der Waals surface area (Å²) in [6, 6.07) is 4.35. The Bertz CT molecular complexity index is 793. The Morgan fingerprint density at radius 1 is 1.31 bits per heavy atom. The van der Waals surface area contributed by atoms with Gasteiger partial charge >= 0.3 is 0 Å². The summed E-state index contributed by atoms with van der Waals surface area (Å²) in [5.41, 5.74) is 8.86. The number of fused-ring (bicyclic) bond motifs is 1. The van der Waals surface area contributed by atoms with E-state index in [2.05, 4.69) is 34.5 Å². The molecule has 6 nitrogen and oxygen atoms in total. The zero-order valence-corrected chi connectivity index (χ0v) is 16.0. The van der Waals surface area contributed by atoms with Gasteiger partial charge in [0.1, 0.15) is 5.82 Å². The quantitative estimate of drug-likeness (QED) is 0.811. The second-order valence-corrected chi connectivity index (χ2v) is 8.18. The van der Waals surface area contributed by atoms with Crippen molar-refractivity contribution in [2.75, 3.05) is 32.0 Å². The van der Waals surface area contributed by atoms with Gasteiger partial charge in [-0.15, -0.1) is 0 Å². The van der Waals surface area contributed by atoms with Gasteiger partial charge in [0.05, 0.1) is 10.7 Å². The third-order valence-electron chi connectivity index (χ3n) is 5.66. The van der Waals surface area contributed by atoms with Crippen LogP contribution in [0, 0.1) is 11.8 Å². The van der Waals surface area contributed by atoms with E-state index in [4.69, 9.17) is 27.5 Å². The highest BCUT2D eigenvalue weighted by molar-refractivity contribution is 6.33. The number of nitrogen functional groups attached to an aromatic ring is 1. The van der Waals surface area contributed by atoms with Gasteiger partial charge in [0, 0.05) is 55.7 Å². The number of aliphatic hydroxyl groups excluding tert-OH is 1. The molecule has 2 aromatic rings. The van der Waals surface area contributed by atoms with Crippen molar-refractivity contribution in [1.29, 1.82) is 0 Å². The van der Waals surface area contributed by atoms with Gasteiger partial charge in [-0.25, -0.2) is 4.98 Å². The number of likely N-dealkylation sites (tertiary alicyclic amines) is 1. The highest BCUT2D eigenvalue weighted by atomic mass is 35.5. The lowest BCUT2D eigenvalue weighted by atomic mass is 10.1. The van der Waals surface area contributed by atoms with Gasteiger partial charge in [0.2, 0.25) is 0 Å². The summed E-state index contributed by atoms with van der Waals surface area (Å²) in [4.78, 5) is 6.64. The van der Waals surface area contributed by atoms with Crippen LogP contribution in [-0.2, 0) is 0 Å². The van der Waals surface area contributed by atoms with E-state index < -0.39 is 0 Å². The summed E-state index contributed by atoms with van der Waals surface area (Å²) < 4.78 is 2.15. The predicted molar refractivity (Wildman–Crippen MR) is 103 cm³/mol. The fourth-order valence-electron chi connectivity index (χ4n) is 4.33.